The summed E-state index contributed by atoms with van der Waals surface area (Å²) < 4.78 is 1.68. The average molecular weight is 247 g/mol. The summed E-state index contributed by atoms with van der Waals surface area (Å²) in [4.78, 5) is 10.9. The van der Waals surface area contributed by atoms with Gasteiger partial charge in [0.25, 0.3) is 5.69 Å². The van der Waals surface area contributed by atoms with Gasteiger partial charge in [0.2, 0.25) is 0 Å². The van der Waals surface area contributed by atoms with Gasteiger partial charge in [-0.2, -0.15) is 5.10 Å². The van der Waals surface area contributed by atoms with E-state index in [4.69, 9.17) is 0 Å². The first kappa shape index (κ1) is 11.4. The summed E-state index contributed by atoms with van der Waals surface area (Å²) in [5.41, 5.74) is 0.876. The SMILES string of the molecule is C=Cc1ccn(Sc2ccc([N+](=O)[O-])cc2)n1. The molecule has 0 saturated heterocycles. The zero-order chi connectivity index (χ0) is 12.3. The van der Waals surface area contributed by atoms with Crippen molar-refractivity contribution in [2.24, 2.45) is 0 Å². The van der Waals surface area contributed by atoms with E-state index in [-0.39, 0.29) is 5.69 Å². The Morgan fingerprint density at radius 2 is 2.06 bits per heavy atom. The summed E-state index contributed by atoms with van der Waals surface area (Å²) in [5, 5.41) is 14.7. The highest BCUT2D eigenvalue weighted by Crippen LogP contribution is 2.22. The van der Waals surface area contributed by atoms with Gasteiger partial charge in [0, 0.05) is 35.2 Å². The minimum absolute atomic E-state index is 0.0848. The van der Waals surface area contributed by atoms with Gasteiger partial charge in [0.1, 0.15) is 0 Å². The largest absolute Gasteiger partial charge is 0.269 e. The molecule has 1 aromatic heterocycles. The summed E-state index contributed by atoms with van der Waals surface area (Å²) in [7, 11) is 0. The average Bonchev–Trinajstić information content (AvgIpc) is 2.77. The lowest BCUT2D eigenvalue weighted by Gasteiger charge is -1.99. The van der Waals surface area contributed by atoms with E-state index >= 15 is 0 Å². The molecular formula is C11H9N3O2S. The molecule has 0 unspecified atom stereocenters. The van der Waals surface area contributed by atoms with Crippen LogP contribution in [-0.4, -0.2) is 14.1 Å². The van der Waals surface area contributed by atoms with Crippen LogP contribution in [0.2, 0.25) is 0 Å². The van der Waals surface area contributed by atoms with Crippen molar-refractivity contribution in [1.29, 1.82) is 0 Å². The molecule has 0 atom stereocenters. The third kappa shape index (κ3) is 2.73. The van der Waals surface area contributed by atoms with Crippen molar-refractivity contribution in [1.82, 2.24) is 9.19 Å². The Morgan fingerprint density at radius 3 is 2.59 bits per heavy atom. The smallest absolute Gasteiger partial charge is 0.258 e. The van der Waals surface area contributed by atoms with Crippen molar-refractivity contribution in [3.05, 3.63) is 58.9 Å². The molecule has 0 aliphatic rings. The van der Waals surface area contributed by atoms with E-state index in [2.05, 4.69) is 11.7 Å². The predicted octanol–water partition coefficient (Wildman–Crippen LogP) is 2.99. The van der Waals surface area contributed by atoms with E-state index in [0.717, 1.165) is 10.6 Å². The van der Waals surface area contributed by atoms with Gasteiger partial charge in [-0.15, -0.1) is 0 Å². The maximum atomic E-state index is 10.5. The van der Waals surface area contributed by atoms with E-state index < -0.39 is 4.92 Å². The van der Waals surface area contributed by atoms with Gasteiger partial charge in [-0.3, -0.25) is 10.1 Å². The fraction of sp³-hybridized carbons (Fsp3) is 0. The fourth-order valence-corrected chi connectivity index (χ4v) is 1.95. The number of hydrogen-bond donors (Lipinski definition) is 0. The highest BCUT2D eigenvalue weighted by Gasteiger charge is 2.05. The summed E-state index contributed by atoms with van der Waals surface area (Å²) in [6, 6.07) is 8.17. The maximum Gasteiger partial charge on any atom is 0.269 e. The number of nitrogens with zero attached hydrogens (tertiary/aromatic N) is 3. The van der Waals surface area contributed by atoms with Crippen LogP contribution >= 0.6 is 11.9 Å². The first-order valence-corrected chi connectivity index (χ1v) is 5.57. The molecule has 0 amide bonds. The van der Waals surface area contributed by atoms with Gasteiger partial charge in [0.05, 0.1) is 10.6 Å². The topological polar surface area (TPSA) is 61.0 Å². The second-order valence-electron chi connectivity index (χ2n) is 3.19. The Morgan fingerprint density at radius 1 is 1.35 bits per heavy atom. The van der Waals surface area contributed by atoms with Crippen LogP contribution in [0.15, 0.2) is 48.0 Å². The molecular weight excluding hydrogens is 238 g/mol. The van der Waals surface area contributed by atoms with Crippen molar-refractivity contribution in [2.45, 2.75) is 4.90 Å². The highest BCUT2D eigenvalue weighted by molar-refractivity contribution is 7.97. The molecule has 0 aliphatic heterocycles. The summed E-state index contributed by atoms with van der Waals surface area (Å²) in [5.74, 6) is 0. The van der Waals surface area contributed by atoms with Crippen LogP contribution in [0.4, 0.5) is 5.69 Å². The molecule has 0 fully saturated rings. The number of nitro groups is 1. The Balaban J connectivity index is 2.13. The van der Waals surface area contributed by atoms with Crippen molar-refractivity contribution < 1.29 is 4.92 Å². The van der Waals surface area contributed by atoms with Gasteiger partial charge in [0.15, 0.2) is 0 Å². The molecule has 1 aromatic carbocycles. The highest BCUT2D eigenvalue weighted by atomic mass is 32.2. The van der Waals surface area contributed by atoms with Crippen LogP contribution in [0.5, 0.6) is 0 Å². The first-order chi connectivity index (χ1) is 8.19. The molecule has 0 spiro atoms. The van der Waals surface area contributed by atoms with E-state index in [9.17, 15) is 10.1 Å². The number of nitro benzene ring substituents is 1. The molecule has 0 saturated carbocycles. The van der Waals surface area contributed by atoms with E-state index in [1.165, 1.54) is 24.1 Å². The van der Waals surface area contributed by atoms with Crippen molar-refractivity contribution in [3.63, 3.8) is 0 Å². The van der Waals surface area contributed by atoms with Crippen LogP contribution in [0.25, 0.3) is 6.08 Å². The Labute approximate surface area is 102 Å². The zero-order valence-corrected chi connectivity index (χ0v) is 9.63. The van der Waals surface area contributed by atoms with Gasteiger partial charge >= 0.3 is 0 Å². The second kappa shape index (κ2) is 4.84. The Bertz CT molecular complexity index is 548. The Kier molecular flexibility index (Phi) is 3.24. The molecule has 0 radical (unpaired) electrons. The van der Waals surface area contributed by atoms with Gasteiger partial charge in [-0.1, -0.05) is 6.58 Å². The van der Waals surface area contributed by atoms with Gasteiger partial charge in [-0.05, 0) is 24.3 Å². The quantitative estimate of drug-likeness (QED) is 0.615. The lowest BCUT2D eigenvalue weighted by molar-refractivity contribution is -0.384. The lowest BCUT2D eigenvalue weighted by Crippen LogP contribution is -1.89. The lowest BCUT2D eigenvalue weighted by atomic mass is 10.3. The number of benzene rings is 1. The first-order valence-electron chi connectivity index (χ1n) is 4.80. The summed E-state index contributed by atoms with van der Waals surface area (Å²) >= 11 is 1.38. The fourth-order valence-electron chi connectivity index (χ4n) is 1.22. The van der Waals surface area contributed by atoms with E-state index in [1.54, 1.807) is 22.3 Å². The standard InChI is InChI=1S/C11H9N3O2S/c1-2-9-7-8-13(12-9)17-11-5-3-10(4-6-11)14(15)16/h2-8H,1H2. The van der Waals surface area contributed by atoms with E-state index in [1.807, 2.05) is 12.3 Å². The molecule has 6 heteroatoms. The van der Waals surface area contributed by atoms with Crippen molar-refractivity contribution >= 4 is 23.7 Å². The number of non-ortho nitro benzene ring substituents is 1. The molecule has 5 nitrogen and oxygen atoms in total. The predicted molar refractivity (Wildman–Crippen MR) is 66.7 cm³/mol. The van der Waals surface area contributed by atoms with Gasteiger partial charge < -0.3 is 0 Å². The molecule has 0 aliphatic carbocycles. The number of hydrogen-bond acceptors (Lipinski definition) is 4. The van der Waals surface area contributed by atoms with Crippen LogP contribution < -0.4 is 0 Å². The summed E-state index contributed by atoms with van der Waals surface area (Å²) in [6.07, 6.45) is 3.47. The molecule has 86 valence electrons. The van der Waals surface area contributed by atoms with Gasteiger partial charge in [-0.25, -0.2) is 4.09 Å². The van der Waals surface area contributed by atoms with E-state index in [0.29, 0.717) is 0 Å². The zero-order valence-electron chi connectivity index (χ0n) is 8.81. The normalized spacial score (nSPS) is 10.1. The maximum absolute atomic E-state index is 10.5. The number of aromatic nitrogens is 2. The molecule has 2 rings (SSSR count). The monoisotopic (exact) mass is 247 g/mol. The molecule has 2 aromatic rings. The molecule has 0 N–H and O–H groups in total. The third-order valence-electron chi connectivity index (χ3n) is 2.04. The molecule has 0 bridgehead atoms. The molecule has 1 heterocycles. The van der Waals surface area contributed by atoms with Crippen LogP contribution in [0.1, 0.15) is 5.69 Å². The minimum atomic E-state index is -0.418. The summed E-state index contributed by atoms with van der Waals surface area (Å²) in [6.45, 7) is 3.62. The van der Waals surface area contributed by atoms with Crippen LogP contribution in [0, 0.1) is 10.1 Å². The van der Waals surface area contributed by atoms with Crippen molar-refractivity contribution in [3.8, 4) is 0 Å². The third-order valence-corrected chi connectivity index (χ3v) is 2.92. The number of rotatable bonds is 4. The Hall–Kier alpha value is -2.08. The van der Waals surface area contributed by atoms with Crippen molar-refractivity contribution in [2.75, 3.05) is 0 Å². The second-order valence-corrected chi connectivity index (χ2v) is 4.22. The van der Waals surface area contributed by atoms with Crippen LogP contribution in [0.3, 0.4) is 0 Å². The van der Waals surface area contributed by atoms with Crippen LogP contribution in [-0.2, 0) is 0 Å². The molecule has 17 heavy (non-hydrogen) atoms. The minimum Gasteiger partial charge on any atom is -0.258 e.